The van der Waals surface area contributed by atoms with E-state index in [1.54, 1.807) is 6.08 Å². The standard InChI is InChI=1S/C19H19NO3/c1-14-8-10-17(12-15(14)2)20-18(21)13-23-19(22)11-9-16-6-4-3-5-7-16/h3-12H,13H2,1-2H3,(H,20,21)/b11-9+. The van der Waals surface area contributed by atoms with E-state index in [-0.39, 0.29) is 12.5 Å². The molecule has 2 aromatic rings. The van der Waals surface area contributed by atoms with Gasteiger partial charge in [0.25, 0.3) is 5.91 Å². The molecular formula is C19H19NO3. The van der Waals surface area contributed by atoms with Gasteiger partial charge in [0, 0.05) is 11.8 Å². The van der Waals surface area contributed by atoms with Crippen LogP contribution in [0.3, 0.4) is 0 Å². The Morgan fingerprint density at radius 2 is 1.78 bits per heavy atom. The van der Waals surface area contributed by atoms with Crippen molar-refractivity contribution in [3.8, 4) is 0 Å². The Morgan fingerprint density at radius 1 is 1.04 bits per heavy atom. The van der Waals surface area contributed by atoms with E-state index in [0.717, 1.165) is 16.7 Å². The topological polar surface area (TPSA) is 55.4 Å². The predicted octanol–water partition coefficient (Wildman–Crippen LogP) is 3.50. The first-order valence-corrected chi connectivity index (χ1v) is 7.31. The van der Waals surface area contributed by atoms with Crippen LogP contribution in [0.4, 0.5) is 5.69 Å². The Bertz CT molecular complexity index is 721. The third-order valence-corrected chi connectivity index (χ3v) is 3.35. The van der Waals surface area contributed by atoms with Crippen molar-refractivity contribution in [3.05, 3.63) is 71.3 Å². The molecule has 0 aromatic heterocycles. The minimum absolute atomic E-state index is 0.315. The molecule has 1 amide bonds. The molecule has 0 saturated carbocycles. The van der Waals surface area contributed by atoms with E-state index in [4.69, 9.17) is 4.74 Å². The van der Waals surface area contributed by atoms with Crippen LogP contribution in [0.25, 0.3) is 6.08 Å². The van der Waals surface area contributed by atoms with Crippen molar-refractivity contribution in [2.75, 3.05) is 11.9 Å². The first-order valence-electron chi connectivity index (χ1n) is 7.31. The summed E-state index contributed by atoms with van der Waals surface area (Å²) >= 11 is 0. The maximum Gasteiger partial charge on any atom is 0.331 e. The molecule has 23 heavy (non-hydrogen) atoms. The van der Waals surface area contributed by atoms with Gasteiger partial charge in [-0.3, -0.25) is 4.79 Å². The summed E-state index contributed by atoms with van der Waals surface area (Å²) in [5.41, 5.74) is 3.82. The molecule has 1 N–H and O–H groups in total. The molecule has 4 heteroatoms. The highest BCUT2D eigenvalue weighted by Crippen LogP contribution is 2.13. The van der Waals surface area contributed by atoms with Gasteiger partial charge in [-0.1, -0.05) is 36.4 Å². The first kappa shape index (κ1) is 16.5. The van der Waals surface area contributed by atoms with E-state index in [0.29, 0.717) is 5.69 Å². The van der Waals surface area contributed by atoms with Crippen LogP contribution in [0.15, 0.2) is 54.6 Å². The smallest absolute Gasteiger partial charge is 0.331 e. The van der Waals surface area contributed by atoms with Crippen LogP contribution in [0.5, 0.6) is 0 Å². The molecule has 0 spiro atoms. The van der Waals surface area contributed by atoms with E-state index in [9.17, 15) is 9.59 Å². The zero-order valence-corrected chi connectivity index (χ0v) is 13.2. The summed E-state index contributed by atoms with van der Waals surface area (Å²) < 4.78 is 4.91. The predicted molar refractivity (Wildman–Crippen MR) is 91.0 cm³/mol. The van der Waals surface area contributed by atoms with Crippen LogP contribution in [0.2, 0.25) is 0 Å². The number of nitrogens with one attached hydrogen (secondary N) is 1. The third-order valence-electron chi connectivity index (χ3n) is 3.35. The van der Waals surface area contributed by atoms with Crippen molar-refractivity contribution in [2.24, 2.45) is 0 Å². The summed E-state index contributed by atoms with van der Waals surface area (Å²) in [5, 5.41) is 2.70. The van der Waals surface area contributed by atoms with Gasteiger partial charge in [0.15, 0.2) is 6.61 Å². The van der Waals surface area contributed by atoms with E-state index in [1.165, 1.54) is 6.08 Å². The van der Waals surface area contributed by atoms with Gasteiger partial charge in [-0.25, -0.2) is 4.79 Å². The molecule has 0 radical (unpaired) electrons. The fourth-order valence-corrected chi connectivity index (χ4v) is 1.93. The van der Waals surface area contributed by atoms with E-state index >= 15 is 0 Å². The van der Waals surface area contributed by atoms with Crippen molar-refractivity contribution in [1.29, 1.82) is 0 Å². The second-order valence-electron chi connectivity index (χ2n) is 5.20. The molecule has 0 atom stereocenters. The van der Waals surface area contributed by atoms with Crippen molar-refractivity contribution >= 4 is 23.6 Å². The van der Waals surface area contributed by atoms with Crippen molar-refractivity contribution < 1.29 is 14.3 Å². The molecule has 0 aliphatic carbocycles. The van der Waals surface area contributed by atoms with Gasteiger partial charge in [-0.05, 0) is 48.7 Å². The molecule has 0 fully saturated rings. The molecule has 4 nitrogen and oxygen atoms in total. The minimum atomic E-state index is -0.552. The number of amides is 1. The lowest BCUT2D eigenvalue weighted by atomic mass is 10.1. The molecule has 0 heterocycles. The number of carbonyl (C=O) groups is 2. The molecule has 0 saturated heterocycles. The van der Waals surface area contributed by atoms with Gasteiger partial charge in [0.1, 0.15) is 0 Å². The van der Waals surface area contributed by atoms with Gasteiger partial charge < -0.3 is 10.1 Å². The van der Waals surface area contributed by atoms with E-state index < -0.39 is 5.97 Å². The highest BCUT2D eigenvalue weighted by Gasteiger charge is 2.06. The number of hydrogen-bond acceptors (Lipinski definition) is 3. The summed E-state index contributed by atoms with van der Waals surface area (Å²) in [5.74, 6) is -0.918. The average Bonchev–Trinajstić information content (AvgIpc) is 2.55. The van der Waals surface area contributed by atoms with Crippen LogP contribution >= 0.6 is 0 Å². The lowest BCUT2D eigenvalue weighted by Gasteiger charge is -2.07. The van der Waals surface area contributed by atoms with Gasteiger partial charge in [-0.2, -0.15) is 0 Å². The largest absolute Gasteiger partial charge is 0.452 e. The van der Waals surface area contributed by atoms with Crippen molar-refractivity contribution in [3.63, 3.8) is 0 Å². The molecule has 0 aliphatic rings. The summed E-state index contributed by atoms with van der Waals surface area (Å²) in [6.45, 7) is 3.66. The zero-order valence-electron chi connectivity index (χ0n) is 13.2. The average molecular weight is 309 g/mol. The summed E-state index contributed by atoms with van der Waals surface area (Å²) in [7, 11) is 0. The van der Waals surface area contributed by atoms with Crippen LogP contribution in [-0.2, 0) is 14.3 Å². The quantitative estimate of drug-likeness (QED) is 0.679. The van der Waals surface area contributed by atoms with Gasteiger partial charge in [-0.15, -0.1) is 0 Å². The van der Waals surface area contributed by atoms with Crippen LogP contribution in [0, 0.1) is 13.8 Å². The Labute approximate surface area is 135 Å². The number of anilines is 1. The Kier molecular flexibility index (Phi) is 5.69. The second kappa shape index (κ2) is 7.94. The lowest BCUT2D eigenvalue weighted by molar-refractivity contribution is -0.142. The monoisotopic (exact) mass is 309 g/mol. The van der Waals surface area contributed by atoms with Gasteiger partial charge >= 0.3 is 5.97 Å². The molecule has 0 unspecified atom stereocenters. The van der Waals surface area contributed by atoms with Crippen LogP contribution in [-0.4, -0.2) is 18.5 Å². The third kappa shape index (κ3) is 5.43. The minimum Gasteiger partial charge on any atom is -0.452 e. The Balaban J connectivity index is 1.80. The van der Waals surface area contributed by atoms with Crippen molar-refractivity contribution in [1.82, 2.24) is 0 Å². The lowest BCUT2D eigenvalue weighted by Crippen LogP contribution is -2.20. The highest BCUT2D eigenvalue weighted by atomic mass is 16.5. The molecular weight excluding hydrogens is 290 g/mol. The highest BCUT2D eigenvalue weighted by molar-refractivity contribution is 5.94. The summed E-state index contributed by atoms with van der Waals surface area (Å²) in [6, 6.07) is 15.0. The second-order valence-corrected chi connectivity index (χ2v) is 5.20. The fraction of sp³-hybridized carbons (Fsp3) is 0.158. The molecule has 0 bridgehead atoms. The molecule has 2 rings (SSSR count). The van der Waals surface area contributed by atoms with Gasteiger partial charge in [0.2, 0.25) is 0 Å². The number of hydrogen-bond donors (Lipinski definition) is 1. The van der Waals surface area contributed by atoms with Crippen LogP contribution in [0.1, 0.15) is 16.7 Å². The number of carbonyl (C=O) groups excluding carboxylic acids is 2. The molecule has 2 aromatic carbocycles. The molecule has 0 aliphatic heterocycles. The van der Waals surface area contributed by atoms with Gasteiger partial charge in [0.05, 0.1) is 0 Å². The molecule has 118 valence electrons. The number of rotatable bonds is 5. The summed E-state index contributed by atoms with van der Waals surface area (Å²) in [6.07, 6.45) is 2.95. The number of aryl methyl sites for hydroxylation is 2. The Morgan fingerprint density at radius 3 is 2.48 bits per heavy atom. The Hall–Kier alpha value is -2.88. The van der Waals surface area contributed by atoms with E-state index in [2.05, 4.69) is 5.32 Å². The van der Waals surface area contributed by atoms with Crippen LogP contribution < -0.4 is 5.32 Å². The zero-order chi connectivity index (χ0) is 16.7. The van der Waals surface area contributed by atoms with E-state index in [1.807, 2.05) is 62.4 Å². The summed E-state index contributed by atoms with van der Waals surface area (Å²) in [4.78, 5) is 23.4. The number of ether oxygens (including phenoxy) is 1. The number of benzene rings is 2. The first-order chi connectivity index (χ1) is 11.0. The maximum atomic E-state index is 11.8. The SMILES string of the molecule is Cc1ccc(NC(=O)COC(=O)/C=C/c2ccccc2)cc1C. The van der Waals surface area contributed by atoms with Crippen molar-refractivity contribution in [2.45, 2.75) is 13.8 Å². The maximum absolute atomic E-state index is 11.8. The fourth-order valence-electron chi connectivity index (χ4n) is 1.93. The number of esters is 1. The normalized spacial score (nSPS) is 10.5.